The third kappa shape index (κ3) is 1.06. The van der Waals surface area contributed by atoms with Crippen molar-refractivity contribution in [2.45, 2.75) is 5.92 Å². The fourth-order valence-electron chi connectivity index (χ4n) is 1.48. The number of hydrogen-bond acceptors (Lipinski definition) is 2. The smallest absolute Gasteiger partial charge is 0.128 e. The van der Waals surface area contributed by atoms with Gasteiger partial charge in [-0.15, -0.1) is 0 Å². The van der Waals surface area contributed by atoms with Gasteiger partial charge in [-0.05, 0) is 12.1 Å². The summed E-state index contributed by atoms with van der Waals surface area (Å²) in [6.45, 7) is 1.68. The second-order valence-electron chi connectivity index (χ2n) is 3.10. The van der Waals surface area contributed by atoms with Crippen LogP contribution in [0.4, 0.5) is 10.1 Å². The fourth-order valence-corrected chi connectivity index (χ4v) is 1.48. The first-order chi connectivity index (χ1) is 5.79. The van der Waals surface area contributed by atoms with Gasteiger partial charge in [0.25, 0.3) is 0 Å². The average Bonchev–Trinajstić information content (AvgIpc) is 1.93. The highest BCUT2D eigenvalue weighted by Gasteiger charge is 2.23. The zero-order chi connectivity index (χ0) is 8.55. The van der Waals surface area contributed by atoms with Gasteiger partial charge in [0.1, 0.15) is 5.82 Å². The Morgan fingerprint density at radius 2 is 2.17 bits per heavy atom. The molecule has 1 aliphatic heterocycles. The normalized spacial score (nSPS) is 17.4. The highest BCUT2D eigenvalue weighted by atomic mass is 19.1. The van der Waals surface area contributed by atoms with Crippen molar-refractivity contribution in [1.82, 2.24) is 5.32 Å². The highest BCUT2D eigenvalue weighted by molar-refractivity contribution is 5.50. The van der Waals surface area contributed by atoms with E-state index >= 15 is 0 Å². The van der Waals surface area contributed by atoms with Gasteiger partial charge >= 0.3 is 0 Å². The van der Waals surface area contributed by atoms with Crippen molar-refractivity contribution in [3.05, 3.63) is 29.6 Å². The van der Waals surface area contributed by atoms with E-state index in [-0.39, 0.29) is 11.7 Å². The minimum atomic E-state index is -0.179. The molecule has 0 radical (unpaired) electrons. The van der Waals surface area contributed by atoms with Crippen molar-refractivity contribution in [3.8, 4) is 0 Å². The largest absolute Gasteiger partial charge is 0.398 e. The second-order valence-corrected chi connectivity index (χ2v) is 3.10. The zero-order valence-electron chi connectivity index (χ0n) is 6.68. The molecular weight excluding hydrogens is 155 g/mol. The summed E-state index contributed by atoms with van der Waals surface area (Å²) >= 11 is 0. The van der Waals surface area contributed by atoms with Gasteiger partial charge in [0.05, 0.1) is 0 Å². The van der Waals surface area contributed by atoms with E-state index in [1.165, 1.54) is 6.07 Å². The minimum absolute atomic E-state index is 0.179. The molecule has 0 atom stereocenters. The van der Waals surface area contributed by atoms with Gasteiger partial charge in [-0.25, -0.2) is 4.39 Å². The first-order valence-corrected chi connectivity index (χ1v) is 4.03. The van der Waals surface area contributed by atoms with Gasteiger partial charge < -0.3 is 11.1 Å². The van der Waals surface area contributed by atoms with E-state index in [4.69, 9.17) is 5.73 Å². The molecule has 2 rings (SSSR count). The van der Waals surface area contributed by atoms with Gasteiger partial charge in [0, 0.05) is 30.3 Å². The van der Waals surface area contributed by atoms with E-state index < -0.39 is 0 Å². The van der Waals surface area contributed by atoms with Crippen LogP contribution in [0.25, 0.3) is 0 Å². The third-order valence-electron chi connectivity index (χ3n) is 2.28. The number of nitrogens with one attached hydrogen (secondary N) is 1. The summed E-state index contributed by atoms with van der Waals surface area (Å²) in [6.07, 6.45) is 0. The van der Waals surface area contributed by atoms with E-state index in [1.54, 1.807) is 12.1 Å². The number of halogens is 1. The average molecular weight is 166 g/mol. The van der Waals surface area contributed by atoms with E-state index in [0.717, 1.165) is 13.1 Å². The van der Waals surface area contributed by atoms with E-state index in [0.29, 0.717) is 11.3 Å². The second kappa shape index (κ2) is 2.75. The lowest BCUT2D eigenvalue weighted by Crippen LogP contribution is -2.40. The Balaban J connectivity index is 2.39. The van der Waals surface area contributed by atoms with Gasteiger partial charge in [0.2, 0.25) is 0 Å². The number of rotatable bonds is 1. The molecule has 1 aromatic carbocycles. The van der Waals surface area contributed by atoms with Crippen molar-refractivity contribution in [2.24, 2.45) is 0 Å². The fraction of sp³-hybridized carbons (Fsp3) is 0.333. The molecule has 3 heteroatoms. The molecule has 0 saturated carbocycles. The molecule has 0 aliphatic carbocycles. The SMILES string of the molecule is Nc1cccc(F)c1C1CNC1. The molecular formula is C9H11FN2. The van der Waals surface area contributed by atoms with Crippen molar-refractivity contribution in [3.63, 3.8) is 0 Å². The van der Waals surface area contributed by atoms with Crippen LogP contribution in [-0.4, -0.2) is 13.1 Å². The quantitative estimate of drug-likeness (QED) is 0.613. The molecule has 1 aliphatic rings. The Morgan fingerprint density at radius 1 is 1.42 bits per heavy atom. The van der Waals surface area contributed by atoms with Crippen LogP contribution >= 0.6 is 0 Å². The highest BCUT2D eigenvalue weighted by Crippen LogP contribution is 2.27. The monoisotopic (exact) mass is 166 g/mol. The summed E-state index contributed by atoms with van der Waals surface area (Å²) in [4.78, 5) is 0. The first kappa shape index (κ1) is 7.55. The number of hydrogen-bond donors (Lipinski definition) is 2. The molecule has 2 nitrogen and oxygen atoms in total. The molecule has 0 unspecified atom stereocenters. The van der Waals surface area contributed by atoms with Crippen LogP contribution in [0.1, 0.15) is 11.5 Å². The summed E-state index contributed by atoms with van der Waals surface area (Å²) in [5, 5.41) is 3.09. The molecule has 1 heterocycles. The van der Waals surface area contributed by atoms with Crippen molar-refractivity contribution in [2.75, 3.05) is 18.8 Å². The Bertz CT molecular complexity index is 274. The Labute approximate surface area is 70.6 Å². The van der Waals surface area contributed by atoms with Crippen molar-refractivity contribution < 1.29 is 4.39 Å². The predicted octanol–water partition coefficient (Wildman–Crippen LogP) is 1.09. The topological polar surface area (TPSA) is 38.0 Å². The molecule has 64 valence electrons. The van der Waals surface area contributed by atoms with Crippen LogP contribution in [-0.2, 0) is 0 Å². The molecule has 0 aromatic heterocycles. The molecule has 0 amide bonds. The molecule has 12 heavy (non-hydrogen) atoms. The number of anilines is 1. The standard InChI is InChI=1S/C9H11FN2/c10-7-2-1-3-8(11)9(7)6-4-12-5-6/h1-3,6,12H,4-5,11H2. The van der Waals surface area contributed by atoms with E-state index in [2.05, 4.69) is 5.32 Å². The molecule has 1 fully saturated rings. The minimum Gasteiger partial charge on any atom is -0.398 e. The molecule has 1 saturated heterocycles. The molecule has 0 spiro atoms. The maximum atomic E-state index is 13.2. The summed E-state index contributed by atoms with van der Waals surface area (Å²) in [7, 11) is 0. The van der Waals surface area contributed by atoms with E-state index in [1.807, 2.05) is 0 Å². The van der Waals surface area contributed by atoms with Gasteiger partial charge in [-0.1, -0.05) is 6.07 Å². The van der Waals surface area contributed by atoms with Crippen LogP contribution in [0.2, 0.25) is 0 Å². The van der Waals surface area contributed by atoms with Crippen LogP contribution in [0, 0.1) is 5.82 Å². The lowest BCUT2D eigenvalue weighted by molar-refractivity contribution is 0.432. The van der Waals surface area contributed by atoms with Gasteiger partial charge in [-0.3, -0.25) is 0 Å². The van der Waals surface area contributed by atoms with Gasteiger partial charge in [0.15, 0.2) is 0 Å². The summed E-state index contributed by atoms with van der Waals surface area (Å²) in [6, 6.07) is 4.85. The van der Waals surface area contributed by atoms with Crippen molar-refractivity contribution in [1.29, 1.82) is 0 Å². The summed E-state index contributed by atoms with van der Waals surface area (Å²) < 4.78 is 13.2. The first-order valence-electron chi connectivity index (χ1n) is 4.03. The van der Waals surface area contributed by atoms with Crippen LogP contribution < -0.4 is 11.1 Å². The Kier molecular flexibility index (Phi) is 1.73. The Morgan fingerprint density at radius 3 is 2.67 bits per heavy atom. The summed E-state index contributed by atoms with van der Waals surface area (Å²) in [5.41, 5.74) is 6.91. The third-order valence-corrected chi connectivity index (χ3v) is 2.28. The lowest BCUT2D eigenvalue weighted by Gasteiger charge is -2.28. The van der Waals surface area contributed by atoms with Crippen LogP contribution in [0.15, 0.2) is 18.2 Å². The number of nitrogens with two attached hydrogens (primary N) is 1. The van der Waals surface area contributed by atoms with Crippen molar-refractivity contribution >= 4 is 5.69 Å². The molecule has 0 bridgehead atoms. The lowest BCUT2D eigenvalue weighted by atomic mass is 9.92. The van der Waals surface area contributed by atoms with Gasteiger partial charge in [-0.2, -0.15) is 0 Å². The maximum absolute atomic E-state index is 13.2. The van der Waals surface area contributed by atoms with Crippen LogP contribution in [0.3, 0.4) is 0 Å². The molecule has 3 N–H and O–H groups in total. The number of benzene rings is 1. The molecule has 1 aromatic rings. The maximum Gasteiger partial charge on any atom is 0.128 e. The zero-order valence-corrected chi connectivity index (χ0v) is 6.68. The van der Waals surface area contributed by atoms with E-state index in [9.17, 15) is 4.39 Å². The Hall–Kier alpha value is -1.09. The number of nitrogen functional groups attached to an aromatic ring is 1. The van der Waals surface area contributed by atoms with Crippen LogP contribution in [0.5, 0.6) is 0 Å². The summed E-state index contributed by atoms with van der Waals surface area (Å²) in [5.74, 6) is 0.0905. The predicted molar refractivity (Wildman–Crippen MR) is 46.4 cm³/mol.